The molecule has 0 radical (unpaired) electrons. The maximum atomic E-state index is 5.73. The second-order valence-electron chi connectivity index (χ2n) is 4.28. The predicted octanol–water partition coefficient (Wildman–Crippen LogP) is 2.42. The van der Waals surface area contributed by atoms with Crippen LogP contribution in [-0.2, 0) is 20.0 Å². The molecule has 0 spiro atoms. The Labute approximate surface area is 102 Å². The van der Waals surface area contributed by atoms with Crippen molar-refractivity contribution in [1.29, 1.82) is 0 Å². The summed E-state index contributed by atoms with van der Waals surface area (Å²) in [7, 11) is 2.02. The number of aromatic nitrogens is 2. The number of hydrogen-bond acceptors (Lipinski definition) is 2. The highest BCUT2D eigenvalue weighted by Gasteiger charge is 2.11. The van der Waals surface area contributed by atoms with Crippen LogP contribution in [0.3, 0.4) is 0 Å². The van der Waals surface area contributed by atoms with E-state index in [0.29, 0.717) is 6.54 Å². The van der Waals surface area contributed by atoms with E-state index in [1.807, 2.05) is 14.0 Å². The molecule has 2 N–H and O–H groups in total. The Hall–Kier alpha value is -1.61. The largest absolute Gasteiger partial charge is 0.330 e. The highest BCUT2D eigenvalue weighted by Crippen LogP contribution is 2.21. The smallest absolute Gasteiger partial charge is 0.140 e. The van der Waals surface area contributed by atoms with E-state index in [2.05, 4.69) is 40.7 Å². The van der Waals surface area contributed by atoms with Gasteiger partial charge in [0.25, 0.3) is 0 Å². The van der Waals surface area contributed by atoms with Gasteiger partial charge in [-0.1, -0.05) is 31.2 Å². The van der Waals surface area contributed by atoms with Gasteiger partial charge in [-0.05, 0) is 18.9 Å². The Kier molecular flexibility index (Phi) is 3.29. The second kappa shape index (κ2) is 4.72. The Bertz CT molecular complexity index is 509. The molecule has 17 heavy (non-hydrogen) atoms. The van der Waals surface area contributed by atoms with Crippen molar-refractivity contribution in [1.82, 2.24) is 9.55 Å². The Balaban J connectivity index is 2.45. The molecule has 3 nitrogen and oxygen atoms in total. The molecule has 0 bridgehead atoms. The van der Waals surface area contributed by atoms with Gasteiger partial charge in [-0.3, -0.25) is 0 Å². The summed E-state index contributed by atoms with van der Waals surface area (Å²) in [6.07, 6.45) is 1.06. The number of hydrogen-bond donors (Lipinski definition) is 1. The minimum Gasteiger partial charge on any atom is -0.330 e. The van der Waals surface area contributed by atoms with Crippen LogP contribution < -0.4 is 5.73 Å². The predicted molar refractivity (Wildman–Crippen MR) is 70.7 cm³/mol. The Morgan fingerprint density at radius 1 is 1.24 bits per heavy atom. The average Bonchev–Trinajstić information content (AvgIpc) is 2.64. The summed E-state index contributed by atoms with van der Waals surface area (Å²) in [6, 6.07) is 8.56. The van der Waals surface area contributed by atoms with Crippen LogP contribution >= 0.6 is 0 Å². The summed E-state index contributed by atoms with van der Waals surface area (Å²) in [6.45, 7) is 4.70. The van der Waals surface area contributed by atoms with E-state index in [0.717, 1.165) is 29.2 Å². The molecule has 0 fully saturated rings. The first-order valence-electron chi connectivity index (χ1n) is 5.99. The lowest BCUT2D eigenvalue weighted by Gasteiger charge is -2.05. The van der Waals surface area contributed by atoms with E-state index >= 15 is 0 Å². The standard InChI is InChI=1S/C14H19N3/c1-4-11-5-7-12(8-6-11)14-16-10(2)13(9-15)17(14)3/h5-8H,4,9,15H2,1-3H3. The van der Waals surface area contributed by atoms with E-state index < -0.39 is 0 Å². The van der Waals surface area contributed by atoms with Gasteiger partial charge in [-0.25, -0.2) is 4.98 Å². The number of rotatable bonds is 3. The third-order valence-electron chi connectivity index (χ3n) is 3.23. The molecule has 0 aliphatic carbocycles. The maximum absolute atomic E-state index is 5.73. The van der Waals surface area contributed by atoms with Crippen molar-refractivity contribution in [3.8, 4) is 11.4 Å². The molecule has 1 aromatic heterocycles. The monoisotopic (exact) mass is 229 g/mol. The first-order valence-corrected chi connectivity index (χ1v) is 5.99. The zero-order chi connectivity index (χ0) is 12.4. The van der Waals surface area contributed by atoms with Crippen LogP contribution in [-0.4, -0.2) is 9.55 Å². The van der Waals surface area contributed by atoms with Crippen LogP contribution in [0.5, 0.6) is 0 Å². The van der Waals surface area contributed by atoms with Crippen molar-refractivity contribution in [3.63, 3.8) is 0 Å². The van der Waals surface area contributed by atoms with Crippen molar-refractivity contribution < 1.29 is 0 Å². The van der Waals surface area contributed by atoms with Crippen LogP contribution in [0.4, 0.5) is 0 Å². The lowest BCUT2D eigenvalue weighted by atomic mass is 10.1. The molecule has 1 heterocycles. The van der Waals surface area contributed by atoms with Crippen molar-refractivity contribution in [2.45, 2.75) is 26.8 Å². The lowest BCUT2D eigenvalue weighted by Crippen LogP contribution is -2.05. The third-order valence-corrected chi connectivity index (χ3v) is 3.23. The number of imidazole rings is 1. The van der Waals surface area contributed by atoms with Gasteiger partial charge in [0.1, 0.15) is 5.82 Å². The lowest BCUT2D eigenvalue weighted by molar-refractivity contribution is 0.823. The third kappa shape index (κ3) is 2.11. The molecule has 2 rings (SSSR count). The van der Waals surface area contributed by atoms with Gasteiger partial charge in [-0.2, -0.15) is 0 Å². The van der Waals surface area contributed by atoms with Gasteiger partial charge in [0.05, 0.1) is 11.4 Å². The van der Waals surface area contributed by atoms with E-state index in [9.17, 15) is 0 Å². The van der Waals surface area contributed by atoms with Gasteiger partial charge in [0.2, 0.25) is 0 Å². The molecular weight excluding hydrogens is 210 g/mol. The van der Waals surface area contributed by atoms with Gasteiger partial charge in [0, 0.05) is 19.2 Å². The van der Waals surface area contributed by atoms with Crippen LogP contribution in [0.2, 0.25) is 0 Å². The van der Waals surface area contributed by atoms with Crippen molar-refractivity contribution in [3.05, 3.63) is 41.2 Å². The molecule has 3 heteroatoms. The topological polar surface area (TPSA) is 43.8 Å². The molecule has 0 unspecified atom stereocenters. The van der Waals surface area contributed by atoms with Crippen LogP contribution in [0, 0.1) is 6.92 Å². The summed E-state index contributed by atoms with van der Waals surface area (Å²) in [4.78, 5) is 4.59. The van der Waals surface area contributed by atoms with Gasteiger partial charge >= 0.3 is 0 Å². The van der Waals surface area contributed by atoms with Gasteiger partial charge < -0.3 is 10.3 Å². The fourth-order valence-corrected chi connectivity index (χ4v) is 2.10. The van der Waals surface area contributed by atoms with Crippen LogP contribution in [0.15, 0.2) is 24.3 Å². The first-order chi connectivity index (χ1) is 8.17. The maximum Gasteiger partial charge on any atom is 0.140 e. The van der Waals surface area contributed by atoms with Crippen LogP contribution in [0.25, 0.3) is 11.4 Å². The number of nitrogens with two attached hydrogens (primary N) is 1. The summed E-state index contributed by atoms with van der Waals surface area (Å²) in [5.74, 6) is 0.991. The summed E-state index contributed by atoms with van der Waals surface area (Å²) in [5.41, 5.74) is 10.3. The SMILES string of the molecule is CCc1ccc(-c2nc(C)c(CN)n2C)cc1. The second-order valence-corrected chi connectivity index (χ2v) is 4.28. The zero-order valence-electron chi connectivity index (χ0n) is 10.7. The molecule has 0 saturated carbocycles. The fraction of sp³-hybridized carbons (Fsp3) is 0.357. The van der Waals surface area contributed by atoms with E-state index in [4.69, 9.17) is 5.73 Å². The quantitative estimate of drug-likeness (QED) is 0.878. The van der Waals surface area contributed by atoms with E-state index in [1.165, 1.54) is 5.56 Å². The molecule has 0 aliphatic heterocycles. The first kappa shape index (κ1) is 11.9. The highest BCUT2D eigenvalue weighted by atomic mass is 15.1. The van der Waals surface area contributed by atoms with Crippen LogP contribution in [0.1, 0.15) is 23.9 Å². The fourth-order valence-electron chi connectivity index (χ4n) is 2.10. The minimum absolute atomic E-state index is 0.530. The normalized spacial score (nSPS) is 10.8. The summed E-state index contributed by atoms with van der Waals surface area (Å²) >= 11 is 0. The van der Waals surface area contributed by atoms with Crippen molar-refractivity contribution >= 4 is 0 Å². The number of benzene rings is 1. The summed E-state index contributed by atoms with van der Waals surface area (Å²) in [5, 5.41) is 0. The highest BCUT2D eigenvalue weighted by molar-refractivity contribution is 5.57. The van der Waals surface area contributed by atoms with Crippen molar-refractivity contribution in [2.75, 3.05) is 0 Å². The Morgan fingerprint density at radius 3 is 2.35 bits per heavy atom. The molecule has 90 valence electrons. The number of nitrogens with zero attached hydrogens (tertiary/aromatic N) is 2. The molecule has 2 aromatic rings. The Morgan fingerprint density at radius 2 is 1.88 bits per heavy atom. The molecule has 0 aliphatic rings. The van der Waals surface area contributed by atoms with E-state index in [-0.39, 0.29) is 0 Å². The van der Waals surface area contributed by atoms with Gasteiger partial charge in [-0.15, -0.1) is 0 Å². The van der Waals surface area contributed by atoms with Gasteiger partial charge in [0.15, 0.2) is 0 Å². The van der Waals surface area contributed by atoms with E-state index in [1.54, 1.807) is 0 Å². The molecule has 1 aromatic carbocycles. The zero-order valence-corrected chi connectivity index (χ0v) is 10.7. The minimum atomic E-state index is 0.530. The molecular formula is C14H19N3. The summed E-state index contributed by atoms with van der Waals surface area (Å²) < 4.78 is 2.08. The molecule has 0 atom stereocenters. The molecule has 0 saturated heterocycles. The number of aryl methyl sites for hydroxylation is 2. The molecule has 0 amide bonds. The average molecular weight is 229 g/mol. The van der Waals surface area contributed by atoms with Crippen molar-refractivity contribution in [2.24, 2.45) is 12.8 Å².